The molecule has 0 saturated carbocycles. The average molecular weight is 230 g/mol. The molecule has 0 saturated heterocycles. The van der Waals surface area contributed by atoms with E-state index in [2.05, 4.69) is 40.3 Å². The smallest absolute Gasteiger partial charge is 0.0273 e. The SMILES string of the molecule is C=CCCCCCc1c(C)c(C)cc(C)c1C. The van der Waals surface area contributed by atoms with Gasteiger partial charge in [0.1, 0.15) is 0 Å². The molecule has 1 rings (SSSR count). The molecule has 17 heavy (non-hydrogen) atoms. The molecule has 0 bridgehead atoms. The van der Waals surface area contributed by atoms with Crippen molar-refractivity contribution in [3.8, 4) is 0 Å². The summed E-state index contributed by atoms with van der Waals surface area (Å²) in [5.41, 5.74) is 7.46. The van der Waals surface area contributed by atoms with E-state index in [0.717, 1.165) is 6.42 Å². The maximum atomic E-state index is 3.77. The molecule has 0 aliphatic heterocycles. The van der Waals surface area contributed by atoms with Crippen molar-refractivity contribution in [2.24, 2.45) is 0 Å². The average Bonchev–Trinajstić information content (AvgIpc) is 2.30. The van der Waals surface area contributed by atoms with Gasteiger partial charge in [0.2, 0.25) is 0 Å². The van der Waals surface area contributed by atoms with Crippen LogP contribution in [0.3, 0.4) is 0 Å². The van der Waals surface area contributed by atoms with Gasteiger partial charge in [0.25, 0.3) is 0 Å². The number of unbranched alkanes of at least 4 members (excludes halogenated alkanes) is 3. The molecular formula is C17H26. The van der Waals surface area contributed by atoms with Crippen LogP contribution in [0.5, 0.6) is 0 Å². The molecule has 0 aromatic heterocycles. The van der Waals surface area contributed by atoms with E-state index in [0.29, 0.717) is 0 Å². The Morgan fingerprint density at radius 3 is 2.06 bits per heavy atom. The van der Waals surface area contributed by atoms with Crippen molar-refractivity contribution in [1.82, 2.24) is 0 Å². The van der Waals surface area contributed by atoms with E-state index in [1.807, 2.05) is 6.08 Å². The van der Waals surface area contributed by atoms with Crippen molar-refractivity contribution in [2.45, 2.75) is 59.8 Å². The summed E-state index contributed by atoms with van der Waals surface area (Å²) in [5, 5.41) is 0. The maximum Gasteiger partial charge on any atom is -0.0273 e. The Morgan fingerprint density at radius 2 is 1.53 bits per heavy atom. The van der Waals surface area contributed by atoms with Gasteiger partial charge < -0.3 is 0 Å². The minimum Gasteiger partial charge on any atom is -0.103 e. The minimum atomic E-state index is 1.16. The zero-order chi connectivity index (χ0) is 12.8. The number of aryl methyl sites for hydroxylation is 2. The Balaban J connectivity index is 2.67. The normalized spacial score (nSPS) is 10.6. The molecule has 0 radical (unpaired) electrons. The second-order valence-electron chi connectivity index (χ2n) is 5.13. The Bertz CT molecular complexity index is 359. The third-order valence-corrected chi connectivity index (χ3v) is 3.86. The standard InChI is InChI=1S/C17H26/c1-6-7-8-9-10-11-17-15(4)13(2)12-14(3)16(17)5/h6,12H,1,7-11H2,2-5H3. The zero-order valence-electron chi connectivity index (χ0n) is 11.9. The van der Waals surface area contributed by atoms with Gasteiger partial charge in [-0.3, -0.25) is 0 Å². The van der Waals surface area contributed by atoms with E-state index >= 15 is 0 Å². The summed E-state index contributed by atoms with van der Waals surface area (Å²) in [6, 6.07) is 2.31. The van der Waals surface area contributed by atoms with Gasteiger partial charge >= 0.3 is 0 Å². The molecule has 0 unspecified atom stereocenters. The van der Waals surface area contributed by atoms with Gasteiger partial charge in [0.05, 0.1) is 0 Å². The van der Waals surface area contributed by atoms with Crippen molar-refractivity contribution in [3.63, 3.8) is 0 Å². The fourth-order valence-corrected chi connectivity index (χ4v) is 2.44. The highest BCUT2D eigenvalue weighted by molar-refractivity contribution is 5.43. The van der Waals surface area contributed by atoms with Gasteiger partial charge in [-0.1, -0.05) is 18.6 Å². The van der Waals surface area contributed by atoms with E-state index in [1.54, 1.807) is 5.56 Å². The number of hydrogen-bond acceptors (Lipinski definition) is 0. The van der Waals surface area contributed by atoms with E-state index < -0.39 is 0 Å². The highest BCUT2D eigenvalue weighted by Gasteiger charge is 2.07. The molecule has 0 N–H and O–H groups in total. The molecule has 1 aromatic rings. The third-order valence-electron chi connectivity index (χ3n) is 3.86. The predicted octanol–water partition coefficient (Wildman–Crippen LogP) is 5.21. The quantitative estimate of drug-likeness (QED) is 0.465. The molecule has 0 amide bonds. The summed E-state index contributed by atoms with van der Waals surface area (Å²) >= 11 is 0. The second kappa shape index (κ2) is 6.64. The van der Waals surface area contributed by atoms with Crippen molar-refractivity contribution >= 4 is 0 Å². The number of allylic oxidation sites excluding steroid dienone is 1. The molecule has 0 atom stereocenters. The van der Waals surface area contributed by atoms with Gasteiger partial charge in [-0.15, -0.1) is 6.58 Å². The second-order valence-corrected chi connectivity index (χ2v) is 5.13. The lowest BCUT2D eigenvalue weighted by molar-refractivity contribution is 0.683. The van der Waals surface area contributed by atoms with Crippen LogP contribution in [-0.2, 0) is 6.42 Å². The van der Waals surface area contributed by atoms with Crippen molar-refractivity contribution < 1.29 is 0 Å². The van der Waals surface area contributed by atoms with Crippen LogP contribution in [0.25, 0.3) is 0 Å². The Labute approximate surface area is 107 Å². The summed E-state index contributed by atoms with van der Waals surface area (Å²) in [5.74, 6) is 0. The third kappa shape index (κ3) is 3.73. The molecule has 0 nitrogen and oxygen atoms in total. The fourth-order valence-electron chi connectivity index (χ4n) is 2.44. The summed E-state index contributed by atoms with van der Waals surface area (Å²) in [6.07, 6.45) is 8.32. The van der Waals surface area contributed by atoms with Crippen LogP contribution in [0.4, 0.5) is 0 Å². The van der Waals surface area contributed by atoms with Crippen LogP contribution >= 0.6 is 0 Å². The van der Waals surface area contributed by atoms with Gasteiger partial charge in [0, 0.05) is 0 Å². The number of hydrogen-bond donors (Lipinski definition) is 0. The Hall–Kier alpha value is -1.04. The Kier molecular flexibility index (Phi) is 5.47. The van der Waals surface area contributed by atoms with Crippen LogP contribution in [0.2, 0.25) is 0 Å². The minimum absolute atomic E-state index is 1.16. The lowest BCUT2D eigenvalue weighted by Crippen LogP contribution is -1.99. The highest BCUT2D eigenvalue weighted by Crippen LogP contribution is 2.23. The molecular weight excluding hydrogens is 204 g/mol. The molecule has 0 fully saturated rings. The molecule has 0 spiro atoms. The van der Waals surface area contributed by atoms with E-state index in [9.17, 15) is 0 Å². The molecule has 0 heterocycles. The summed E-state index contributed by atoms with van der Waals surface area (Å²) in [6.45, 7) is 12.7. The van der Waals surface area contributed by atoms with Gasteiger partial charge in [0.15, 0.2) is 0 Å². The van der Waals surface area contributed by atoms with E-state index in [-0.39, 0.29) is 0 Å². The van der Waals surface area contributed by atoms with E-state index in [4.69, 9.17) is 0 Å². The number of rotatable bonds is 6. The van der Waals surface area contributed by atoms with E-state index in [1.165, 1.54) is 47.9 Å². The van der Waals surface area contributed by atoms with Gasteiger partial charge in [-0.2, -0.15) is 0 Å². The summed E-state index contributed by atoms with van der Waals surface area (Å²) < 4.78 is 0. The first-order valence-electron chi connectivity index (χ1n) is 6.75. The topological polar surface area (TPSA) is 0 Å². The molecule has 94 valence electrons. The summed E-state index contributed by atoms with van der Waals surface area (Å²) in [7, 11) is 0. The first kappa shape index (κ1) is 14.0. The highest BCUT2D eigenvalue weighted by atomic mass is 14.1. The molecule has 0 aliphatic carbocycles. The maximum absolute atomic E-state index is 3.77. The first-order valence-corrected chi connectivity index (χ1v) is 6.75. The zero-order valence-corrected chi connectivity index (χ0v) is 11.9. The van der Waals surface area contributed by atoms with Crippen LogP contribution in [0.15, 0.2) is 18.7 Å². The van der Waals surface area contributed by atoms with Crippen LogP contribution < -0.4 is 0 Å². The first-order chi connectivity index (χ1) is 8.07. The number of benzene rings is 1. The van der Waals surface area contributed by atoms with Crippen molar-refractivity contribution in [2.75, 3.05) is 0 Å². The fraction of sp³-hybridized carbons (Fsp3) is 0.529. The molecule has 1 aromatic carbocycles. The largest absolute Gasteiger partial charge is 0.103 e. The van der Waals surface area contributed by atoms with Gasteiger partial charge in [-0.05, 0) is 81.2 Å². The lowest BCUT2D eigenvalue weighted by atomic mass is 9.91. The van der Waals surface area contributed by atoms with Crippen molar-refractivity contribution in [3.05, 3.63) is 46.5 Å². The van der Waals surface area contributed by atoms with Crippen LogP contribution in [0, 0.1) is 27.7 Å². The van der Waals surface area contributed by atoms with Gasteiger partial charge in [-0.25, -0.2) is 0 Å². The monoisotopic (exact) mass is 230 g/mol. The lowest BCUT2D eigenvalue weighted by Gasteiger charge is -2.15. The molecule has 0 aliphatic rings. The predicted molar refractivity (Wildman–Crippen MR) is 77.8 cm³/mol. The molecule has 0 heteroatoms. The summed E-state index contributed by atoms with van der Waals surface area (Å²) in [4.78, 5) is 0. The Morgan fingerprint density at radius 1 is 0.941 bits per heavy atom. The van der Waals surface area contributed by atoms with Crippen molar-refractivity contribution in [1.29, 1.82) is 0 Å². The van der Waals surface area contributed by atoms with Crippen LogP contribution in [-0.4, -0.2) is 0 Å². The van der Waals surface area contributed by atoms with Crippen LogP contribution in [0.1, 0.15) is 53.5 Å².